The van der Waals surface area contributed by atoms with Gasteiger partial charge < -0.3 is 9.67 Å². The van der Waals surface area contributed by atoms with E-state index in [1.807, 2.05) is 12.1 Å². The molecule has 0 amide bonds. The highest BCUT2D eigenvalue weighted by Crippen LogP contribution is 2.20. The van der Waals surface area contributed by atoms with E-state index in [4.69, 9.17) is 5.11 Å². The molecule has 0 radical (unpaired) electrons. The summed E-state index contributed by atoms with van der Waals surface area (Å²) in [5.74, 6) is -1.60. The van der Waals surface area contributed by atoms with Crippen molar-refractivity contribution in [3.63, 3.8) is 0 Å². The van der Waals surface area contributed by atoms with Gasteiger partial charge in [0.05, 0.1) is 0 Å². The van der Waals surface area contributed by atoms with E-state index in [1.165, 1.54) is 12.6 Å². The number of nitrogens with zero attached hydrogens (tertiary/aromatic N) is 3. The van der Waals surface area contributed by atoms with Crippen LogP contribution in [-0.2, 0) is 4.79 Å². The summed E-state index contributed by atoms with van der Waals surface area (Å²) >= 11 is 0. The minimum atomic E-state index is -0.913. The second-order valence-electron chi connectivity index (χ2n) is 2.97. The van der Waals surface area contributed by atoms with Crippen molar-refractivity contribution in [3.05, 3.63) is 24.5 Å². The SMILES string of the molecule is O=C(O)C1C=NC=NC1n1cccc1. The number of aliphatic carboxylic acids is 1. The van der Waals surface area contributed by atoms with Crippen LogP contribution in [0.2, 0.25) is 0 Å². The predicted molar refractivity (Wildman–Crippen MR) is 51.6 cm³/mol. The van der Waals surface area contributed by atoms with E-state index in [0.717, 1.165) is 0 Å². The Labute approximate surface area is 80.4 Å². The molecule has 0 fully saturated rings. The minimum absolute atomic E-state index is 0.417. The number of aromatic nitrogens is 1. The number of carboxylic acid groups (broad SMARTS) is 1. The quantitative estimate of drug-likeness (QED) is 0.751. The second-order valence-corrected chi connectivity index (χ2v) is 2.97. The van der Waals surface area contributed by atoms with Crippen LogP contribution in [0, 0.1) is 5.92 Å². The summed E-state index contributed by atoms with van der Waals surface area (Å²) < 4.78 is 1.75. The third-order valence-corrected chi connectivity index (χ3v) is 2.07. The van der Waals surface area contributed by atoms with Gasteiger partial charge in [0.1, 0.15) is 18.4 Å². The van der Waals surface area contributed by atoms with Crippen LogP contribution < -0.4 is 0 Å². The van der Waals surface area contributed by atoms with Gasteiger partial charge in [-0.25, -0.2) is 9.98 Å². The highest BCUT2D eigenvalue weighted by Gasteiger charge is 2.28. The van der Waals surface area contributed by atoms with E-state index >= 15 is 0 Å². The van der Waals surface area contributed by atoms with Crippen LogP contribution in [-0.4, -0.2) is 28.2 Å². The molecule has 1 aromatic heterocycles. The number of rotatable bonds is 2. The fraction of sp³-hybridized carbons (Fsp3) is 0.222. The molecule has 72 valence electrons. The van der Waals surface area contributed by atoms with Gasteiger partial charge in [0.2, 0.25) is 0 Å². The summed E-state index contributed by atoms with van der Waals surface area (Å²) in [6.45, 7) is 0. The van der Waals surface area contributed by atoms with Gasteiger partial charge in [-0.2, -0.15) is 0 Å². The topological polar surface area (TPSA) is 66.9 Å². The first-order valence-corrected chi connectivity index (χ1v) is 4.19. The molecule has 2 atom stereocenters. The van der Waals surface area contributed by atoms with Crippen LogP contribution in [0.25, 0.3) is 0 Å². The van der Waals surface area contributed by atoms with Crippen molar-refractivity contribution in [3.8, 4) is 0 Å². The molecule has 1 aliphatic rings. The summed E-state index contributed by atoms with van der Waals surface area (Å²) in [7, 11) is 0. The molecule has 5 heteroatoms. The number of hydrogen-bond donors (Lipinski definition) is 1. The maximum absolute atomic E-state index is 10.9. The van der Waals surface area contributed by atoms with Crippen molar-refractivity contribution in [2.45, 2.75) is 6.17 Å². The molecular weight excluding hydrogens is 182 g/mol. The van der Waals surface area contributed by atoms with Crippen LogP contribution in [0.5, 0.6) is 0 Å². The Balaban J connectivity index is 2.29. The third-order valence-electron chi connectivity index (χ3n) is 2.07. The van der Waals surface area contributed by atoms with Crippen molar-refractivity contribution in [2.24, 2.45) is 15.9 Å². The molecule has 0 bridgehead atoms. The lowest BCUT2D eigenvalue weighted by Gasteiger charge is -2.20. The molecular formula is C9H9N3O2. The fourth-order valence-electron chi connectivity index (χ4n) is 1.39. The highest BCUT2D eigenvalue weighted by atomic mass is 16.4. The summed E-state index contributed by atoms with van der Waals surface area (Å²) in [5, 5.41) is 8.93. The van der Waals surface area contributed by atoms with E-state index in [9.17, 15) is 4.79 Å². The van der Waals surface area contributed by atoms with Gasteiger partial charge in [0.25, 0.3) is 0 Å². The number of hydrogen-bond acceptors (Lipinski definition) is 3. The van der Waals surface area contributed by atoms with E-state index in [-0.39, 0.29) is 0 Å². The van der Waals surface area contributed by atoms with E-state index in [2.05, 4.69) is 9.98 Å². The Morgan fingerprint density at radius 3 is 2.71 bits per heavy atom. The number of carboxylic acids is 1. The first kappa shape index (κ1) is 8.68. The van der Waals surface area contributed by atoms with E-state index in [0.29, 0.717) is 0 Å². The van der Waals surface area contributed by atoms with Gasteiger partial charge in [-0.1, -0.05) is 0 Å². The fourth-order valence-corrected chi connectivity index (χ4v) is 1.39. The third kappa shape index (κ3) is 1.44. The van der Waals surface area contributed by atoms with Gasteiger partial charge in [0, 0.05) is 18.6 Å². The van der Waals surface area contributed by atoms with Crippen molar-refractivity contribution >= 4 is 18.5 Å². The van der Waals surface area contributed by atoms with Crippen LogP contribution in [0.15, 0.2) is 34.5 Å². The van der Waals surface area contributed by atoms with Crippen LogP contribution in [0.4, 0.5) is 0 Å². The summed E-state index contributed by atoms with van der Waals surface area (Å²) in [4.78, 5) is 18.6. The lowest BCUT2D eigenvalue weighted by Crippen LogP contribution is -2.27. The number of carbonyl (C=O) groups is 1. The molecule has 0 aromatic carbocycles. The maximum Gasteiger partial charge on any atom is 0.316 e. The zero-order chi connectivity index (χ0) is 9.97. The maximum atomic E-state index is 10.9. The first-order valence-electron chi connectivity index (χ1n) is 4.19. The zero-order valence-electron chi connectivity index (χ0n) is 7.32. The average molecular weight is 191 g/mol. The van der Waals surface area contributed by atoms with Crippen LogP contribution in [0.1, 0.15) is 6.17 Å². The predicted octanol–water partition coefficient (Wildman–Crippen LogP) is 0.800. The molecule has 0 saturated carbocycles. The number of aliphatic imine (C=N–C) groups is 2. The summed E-state index contributed by atoms with van der Waals surface area (Å²) in [5.41, 5.74) is 0. The normalized spacial score (nSPS) is 25.1. The van der Waals surface area contributed by atoms with Crippen LogP contribution in [0.3, 0.4) is 0 Å². The Morgan fingerprint density at radius 1 is 1.36 bits per heavy atom. The van der Waals surface area contributed by atoms with Gasteiger partial charge in [-0.3, -0.25) is 4.79 Å². The molecule has 1 aliphatic heterocycles. The van der Waals surface area contributed by atoms with Crippen molar-refractivity contribution in [1.29, 1.82) is 0 Å². The monoisotopic (exact) mass is 191 g/mol. The molecule has 2 heterocycles. The lowest BCUT2D eigenvalue weighted by atomic mass is 10.1. The van der Waals surface area contributed by atoms with Gasteiger partial charge in [-0.15, -0.1) is 0 Å². The minimum Gasteiger partial charge on any atom is -0.481 e. The van der Waals surface area contributed by atoms with Crippen molar-refractivity contribution < 1.29 is 9.90 Å². The van der Waals surface area contributed by atoms with Crippen molar-refractivity contribution in [1.82, 2.24) is 4.57 Å². The Bertz CT molecular complexity index is 381. The molecule has 0 spiro atoms. The standard InChI is InChI=1S/C9H9N3O2/c13-9(14)7-5-10-6-11-8(7)12-3-1-2-4-12/h1-8H,(H,13,14). The first-order chi connectivity index (χ1) is 6.79. The molecule has 14 heavy (non-hydrogen) atoms. The molecule has 5 nitrogen and oxygen atoms in total. The molecule has 1 N–H and O–H groups in total. The van der Waals surface area contributed by atoms with E-state index in [1.54, 1.807) is 17.0 Å². The van der Waals surface area contributed by atoms with Gasteiger partial charge >= 0.3 is 5.97 Å². The highest BCUT2D eigenvalue weighted by molar-refractivity contribution is 5.93. The molecule has 1 aromatic rings. The Kier molecular flexibility index (Phi) is 2.14. The van der Waals surface area contributed by atoms with Crippen molar-refractivity contribution in [2.75, 3.05) is 0 Å². The summed E-state index contributed by atoms with van der Waals surface area (Å²) in [6.07, 6.45) is 5.94. The smallest absolute Gasteiger partial charge is 0.316 e. The molecule has 0 saturated heterocycles. The Morgan fingerprint density at radius 2 is 2.07 bits per heavy atom. The van der Waals surface area contributed by atoms with Gasteiger partial charge in [0.15, 0.2) is 0 Å². The van der Waals surface area contributed by atoms with Gasteiger partial charge in [-0.05, 0) is 12.1 Å². The lowest BCUT2D eigenvalue weighted by molar-refractivity contribution is -0.140. The Hall–Kier alpha value is -1.91. The van der Waals surface area contributed by atoms with E-state index < -0.39 is 18.1 Å². The molecule has 2 unspecified atom stereocenters. The summed E-state index contributed by atoms with van der Waals surface area (Å²) in [6, 6.07) is 3.67. The second kappa shape index (κ2) is 3.45. The van der Waals surface area contributed by atoms with Crippen LogP contribution >= 0.6 is 0 Å². The molecule has 0 aliphatic carbocycles. The largest absolute Gasteiger partial charge is 0.481 e. The average Bonchev–Trinajstić information content (AvgIpc) is 2.70. The zero-order valence-corrected chi connectivity index (χ0v) is 7.32. The molecule has 2 rings (SSSR count).